The van der Waals surface area contributed by atoms with Gasteiger partial charge in [-0.25, -0.2) is 0 Å². The first-order valence-corrected chi connectivity index (χ1v) is 6.68. The molecule has 0 N–H and O–H groups in total. The van der Waals surface area contributed by atoms with Gasteiger partial charge in [0.15, 0.2) is 0 Å². The molecule has 0 aromatic rings. The van der Waals surface area contributed by atoms with Gasteiger partial charge in [0.2, 0.25) is 0 Å². The monoisotopic (exact) mass is 292 g/mol. The second-order valence-corrected chi connectivity index (χ2v) is 6.13. The molecule has 0 bridgehead atoms. The molecule has 0 aromatic heterocycles. The lowest BCUT2D eigenvalue weighted by atomic mass is 9.65. The van der Waals surface area contributed by atoms with E-state index in [9.17, 15) is 21.0 Å². The van der Waals surface area contributed by atoms with Gasteiger partial charge in [0.1, 0.15) is 12.1 Å². The molecule has 2 rings (SSSR count). The van der Waals surface area contributed by atoms with Crippen LogP contribution in [0.15, 0.2) is 22.3 Å². The van der Waals surface area contributed by atoms with Crippen LogP contribution in [0, 0.1) is 45.3 Å². The molecule has 108 valence electrons. The van der Waals surface area contributed by atoms with E-state index in [-0.39, 0.29) is 22.3 Å². The normalized spacial score (nSPS) is 23.0. The van der Waals surface area contributed by atoms with Gasteiger partial charge in [-0.3, -0.25) is 0 Å². The minimum atomic E-state index is -0.886. The fraction of sp³-hybridized carbons (Fsp3) is 0.467. The highest BCUT2D eigenvalue weighted by Gasteiger charge is 2.57. The Morgan fingerprint density at radius 2 is 1.14 bits per heavy atom. The number of hydrogen-bond donors (Lipinski definition) is 0. The van der Waals surface area contributed by atoms with Gasteiger partial charge in [0.25, 0.3) is 0 Å². The average Bonchev–Trinajstić information content (AvgIpc) is 2.88. The lowest BCUT2D eigenvalue weighted by Crippen LogP contribution is -2.41. The fourth-order valence-corrected chi connectivity index (χ4v) is 2.50. The maximum Gasteiger partial charge on any atom is 0.472 e. The van der Waals surface area contributed by atoms with Crippen molar-refractivity contribution < 1.29 is 9.31 Å². The Bertz CT molecular complexity index is 701. The van der Waals surface area contributed by atoms with Crippen LogP contribution in [0.1, 0.15) is 27.7 Å². The highest BCUT2D eigenvalue weighted by molar-refractivity contribution is 6.50. The molecule has 0 atom stereocenters. The van der Waals surface area contributed by atoms with Crippen molar-refractivity contribution in [3.63, 3.8) is 0 Å². The van der Waals surface area contributed by atoms with Crippen LogP contribution in [-0.4, -0.2) is 18.3 Å². The molecule has 7 heteroatoms. The quantitative estimate of drug-likeness (QED) is 0.684. The van der Waals surface area contributed by atoms with Crippen LogP contribution in [0.5, 0.6) is 0 Å². The van der Waals surface area contributed by atoms with E-state index in [1.54, 1.807) is 0 Å². The maximum atomic E-state index is 9.37. The third-order valence-corrected chi connectivity index (χ3v) is 4.42. The molecule has 1 aliphatic carbocycles. The molecule has 1 heterocycles. The van der Waals surface area contributed by atoms with Gasteiger partial charge in [0.05, 0.1) is 51.5 Å². The SMILES string of the molecule is CC1(C)OB(C2C(C#N)=C(C#N)C(C#N)=C2C#N)OC1(C)C. The molecule has 0 saturated carbocycles. The lowest BCUT2D eigenvalue weighted by Gasteiger charge is -2.32. The van der Waals surface area contributed by atoms with Crippen molar-refractivity contribution >= 4 is 7.12 Å². The minimum Gasteiger partial charge on any atom is -0.403 e. The summed E-state index contributed by atoms with van der Waals surface area (Å²) in [6.45, 7) is 7.40. The van der Waals surface area contributed by atoms with Gasteiger partial charge in [0, 0.05) is 0 Å². The number of rotatable bonds is 1. The van der Waals surface area contributed by atoms with E-state index in [0.717, 1.165) is 0 Å². The molecule has 2 aliphatic rings. The second-order valence-electron chi connectivity index (χ2n) is 6.13. The Hall–Kier alpha value is -2.58. The van der Waals surface area contributed by atoms with Crippen molar-refractivity contribution in [3.05, 3.63) is 22.3 Å². The van der Waals surface area contributed by atoms with E-state index in [2.05, 4.69) is 0 Å². The molecular weight excluding hydrogens is 279 g/mol. The van der Waals surface area contributed by atoms with E-state index < -0.39 is 24.1 Å². The van der Waals surface area contributed by atoms with Crippen molar-refractivity contribution in [1.29, 1.82) is 21.0 Å². The number of hydrogen-bond acceptors (Lipinski definition) is 6. The average molecular weight is 292 g/mol. The summed E-state index contributed by atoms with van der Waals surface area (Å²) < 4.78 is 11.8. The summed E-state index contributed by atoms with van der Waals surface area (Å²) in [6.07, 6.45) is 0. The highest BCUT2D eigenvalue weighted by Crippen LogP contribution is 2.48. The van der Waals surface area contributed by atoms with E-state index in [0.29, 0.717) is 0 Å². The molecule has 1 aliphatic heterocycles. The lowest BCUT2D eigenvalue weighted by molar-refractivity contribution is 0.00578. The summed E-state index contributed by atoms with van der Waals surface area (Å²) in [6, 6.07) is 7.54. The van der Waals surface area contributed by atoms with Crippen molar-refractivity contribution in [3.8, 4) is 24.3 Å². The summed E-state index contributed by atoms with van der Waals surface area (Å²) in [5.74, 6) is -0.847. The molecule has 22 heavy (non-hydrogen) atoms. The van der Waals surface area contributed by atoms with Crippen molar-refractivity contribution in [1.82, 2.24) is 0 Å². The summed E-state index contributed by atoms with van der Waals surface area (Å²) >= 11 is 0. The Morgan fingerprint density at radius 3 is 1.41 bits per heavy atom. The summed E-state index contributed by atoms with van der Waals surface area (Å²) in [5, 5.41) is 37.2. The Balaban J connectivity index is 2.58. The van der Waals surface area contributed by atoms with Crippen LogP contribution in [0.2, 0.25) is 5.82 Å². The van der Waals surface area contributed by atoms with E-state index in [4.69, 9.17) is 9.31 Å². The van der Waals surface area contributed by atoms with Crippen molar-refractivity contribution in [2.45, 2.75) is 44.7 Å². The van der Waals surface area contributed by atoms with Gasteiger partial charge in [-0.15, -0.1) is 0 Å². The zero-order valence-electron chi connectivity index (χ0n) is 12.8. The Kier molecular flexibility index (Phi) is 3.60. The molecule has 0 aromatic carbocycles. The topological polar surface area (TPSA) is 114 Å². The number of nitrogens with zero attached hydrogens (tertiary/aromatic N) is 4. The predicted molar refractivity (Wildman–Crippen MR) is 76.3 cm³/mol. The molecule has 0 amide bonds. The van der Waals surface area contributed by atoms with Gasteiger partial charge in [-0.1, -0.05) is 0 Å². The summed E-state index contributed by atoms with van der Waals surface area (Å²) in [5.41, 5.74) is -1.31. The van der Waals surface area contributed by atoms with Crippen LogP contribution in [0.3, 0.4) is 0 Å². The van der Waals surface area contributed by atoms with E-state index >= 15 is 0 Å². The third-order valence-electron chi connectivity index (χ3n) is 4.42. The molecule has 1 fully saturated rings. The number of nitriles is 4. The van der Waals surface area contributed by atoms with Crippen LogP contribution in [-0.2, 0) is 9.31 Å². The van der Waals surface area contributed by atoms with Crippen LogP contribution >= 0.6 is 0 Å². The second kappa shape index (κ2) is 5.01. The first-order valence-electron chi connectivity index (χ1n) is 6.68. The molecule has 1 saturated heterocycles. The highest BCUT2D eigenvalue weighted by atomic mass is 16.7. The number of allylic oxidation sites excluding steroid dienone is 4. The molecule has 0 spiro atoms. The van der Waals surface area contributed by atoms with Crippen molar-refractivity contribution in [2.75, 3.05) is 0 Å². The molecular formula is C15H13BN4O2. The third kappa shape index (κ3) is 2.00. The fourth-order valence-electron chi connectivity index (χ4n) is 2.50. The smallest absolute Gasteiger partial charge is 0.403 e. The standard InChI is InChI=1S/C15H13BN4O2/c1-14(2)15(3,4)22-16(21-14)13-11(7-19)9(5-17)10(6-18)12(13)8-20/h13H,1-4H3. The van der Waals surface area contributed by atoms with E-state index in [1.165, 1.54) is 0 Å². The Morgan fingerprint density at radius 1 is 0.773 bits per heavy atom. The molecule has 6 nitrogen and oxygen atoms in total. The summed E-state index contributed by atoms with van der Waals surface area (Å²) in [7, 11) is -0.886. The largest absolute Gasteiger partial charge is 0.472 e. The first-order chi connectivity index (χ1) is 10.2. The van der Waals surface area contributed by atoms with Gasteiger partial charge < -0.3 is 9.31 Å². The maximum absolute atomic E-state index is 9.37. The van der Waals surface area contributed by atoms with Crippen LogP contribution in [0.4, 0.5) is 0 Å². The predicted octanol–water partition coefficient (Wildman–Crippen LogP) is 2.15. The first kappa shape index (κ1) is 15.8. The van der Waals surface area contributed by atoms with Crippen LogP contribution in [0.25, 0.3) is 0 Å². The van der Waals surface area contributed by atoms with Gasteiger partial charge in [-0.2, -0.15) is 21.0 Å². The minimum absolute atomic E-state index is 0.0501. The van der Waals surface area contributed by atoms with E-state index in [1.807, 2.05) is 52.0 Å². The Labute approximate surface area is 129 Å². The van der Waals surface area contributed by atoms with Crippen LogP contribution < -0.4 is 0 Å². The molecule has 0 unspecified atom stereocenters. The van der Waals surface area contributed by atoms with Crippen molar-refractivity contribution in [2.24, 2.45) is 0 Å². The van der Waals surface area contributed by atoms with Gasteiger partial charge >= 0.3 is 7.12 Å². The molecule has 0 radical (unpaired) electrons. The van der Waals surface area contributed by atoms with Gasteiger partial charge in [-0.05, 0) is 27.7 Å². The summed E-state index contributed by atoms with van der Waals surface area (Å²) in [4.78, 5) is 0. The zero-order chi connectivity index (χ0) is 16.7. The zero-order valence-corrected chi connectivity index (χ0v) is 12.8.